The molecule has 0 aliphatic heterocycles. The number of aryl methyl sites for hydroxylation is 2. The topological polar surface area (TPSA) is 48.5 Å². The minimum Gasteiger partial charge on any atom is -0.269 e. The summed E-state index contributed by atoms with van der Waals surface area (Å²) in [5.74, 6) is 0. The molecular weight excluding hydrogens is 396 g/mol. The number of halogens is 3. The molecule has 0 amide bonds. The van der Waals surface area contributed by atoms with Crippen molar-refractivity contribution in [3.05, 3.63) is 64.1 Å². The second-order valence-electron chi connectivity index (χ2n) is 6.93. The molecule has 0 fully saturated rings. The van der Waals surface area contributed by atoms with Crippen molar-refractivity contribution < 1.29 is 8.78 Å². The Labute approximate surface area is 171 Å². The van der Waals surface area contributed by atoms with Gasteiger partial charge in [-0.3, -0.25) is 4.68 Å². The molecule has 0 aliphatic rings. The summed E-state index contributed by atoms with van der Waals surface area (Å²) in [4.78, 5) is 4.72. The number of aromatic nitrogens is 5. The molecule has 0 N–H and O–H groups in total. The number of rotatable bonds is 5. The predicted octanol–water partition coefficient (Wildman–Crippen LogP) is 5.57. The van der Waals surface area contributed by atoms with Crippen LogP contribution in [-0.4, -0.2) is 24.5 Å². The quantitative estimate of drug-likeness (QED) is 0.428. The summed E-state index contributed by atoms with van der Waals surface area (Å²) in [5.41, 5.74) is 3.90. The average Bonchev–Trinajstić information content (AvgIpc) is 3.21. The van der Waals surface area contributed by atoms with Gasteiger partial charge in [-0.05, 0) is 44.5 Å². The Morgan fingerprint density at radius 2 is 1.93 bits per heavy atom. The van der Waals surface area contributed by atoms with Crippen molar-refractivity contribution in [1.29, 1.82) is 0 Å². The van der Waals surface area contributed by atoms with E-state index in [1.165, 1.54) is 6.07 Å². The van der Waals surface area contributed by atoms with Crippen LogP contribution in [0, 0.1) is 13.8 Å². The summed E-state index contributed by atoms with van der Waals surface area (Å²) in [6.45, 7) is 6.70. The Balaban J connectivity index is 1.92. The molecule has 4 aromatic rings. The molecule has 8 heteroatoms. The third-order valence-electron chi connectivity index (χ3n) is 5.04. The molecule has 0 atom stereocenters. The summed E-state index contributed by atoms with van der Waals surface area (Å²) in [6.07, 6.45) is -0.962. The molecule has 5 nitrogen and oxygen atoms in total. The zero-order chi connectivity index (χ0) is 20.7. The van der Waals surface area contributed by atoms with Crippen molar-refractivity contribution in [3.8, 4) is 11.3 Å². The minimum absolute atomic E-state index is 0.0662. The van der Waals surface area contributed by atoms with Crippen LogP contribution in [0.15, 0.2) is 36.5 Å². The molecule has 0 bridgehead atoms. The van der Waals surface area contributed by atoms with E-state index >= 15 is 0 Å². The highest BCUT2D eigenvalue weighted by Gasteiger charge is 2.22. The number of hydrogen-bond donors (Lipinski definition) is 0. The molecule has 1 aromatic carbocycles. The summed E-state index contributed by atoms with van der Waals surface area (Å²) < 4.78 is 31.3. The maximum absolute atomic E-state index is 13.9. The first-order valence-corrected chi connectivity index (χ1v) is 9.70. The smallest absolute Gasteiger partial charge is 0.264 e. The standard InChI is InChI=1S/C21H20ClF2N5/c1-4-28-13(3)17(10-25-28)18-9-16(20(23)24)19-12(2)27-29(21(19)26-18)11-14-6-5-7-15(22)8-14/h5-10,20H,4,11H2,1-3H3. The maximum Gasteiger partial charge on any atom is 0.264 e. The van der Waals surface area contributed by atoms with E-state index in [0.717, 1.165) is 16.8 Å². The van der Waals surface area contributed by atoms with Gasteiger partial charge in [0.25, 0.3) is 6.43 Å². The van der Waals surface area contributed by atoms with E-state index in [-0.39, 0.29) is 5.56 Å². The Hall–Kier alpha value is -2.80. The van der Waals surface area contributed by atoms with Crippen LogP contribution in [0.1, 0.15) is 35.9 Å². The lowest BCUT2D eigenvalue weighted by molar-refractivity contribution is 0.153. The summed E-state index contributed by atoms with van der Waals surface area (Å²) in [7, 11) is 0. The SMILES string of the molecule is CCn1ncc(-c2cc(C(F)F)c3c(C)nn(Cc4cccc(Cl)c4)c3n2)c1C. The molecule has 4 rings (SSSR count). The van der Waals surface area contributed by atoms with Gasteiger partial charge in [-0.25, -0.2) is 18.4 Å². The number of pyridine rings is 1. The molecule has 0 aliphatic carbocycles. The van der Waals surface area contributed by atoms with Crippen LogP contribution in [0.2, 0.25) is 5.02 Å². The highest BCUT2D eigenvalue weighted by atomic mass is 35.5. The largest absolute Gasteiger partial charge is 0.269 e. The van der Waals surface area contributed by atoms with E-state index in [4.69, 9.17) is 16.6 Å². The number of hydrogen-bond acceptors (Lipinski definition) is 3. The fourth-order valence-electron chi connectivity index (χ4n) is 3.63. The van der Waals surface area contributed by atoms with Gasteiger partial charge in [0, 0.05) is 28.4 Å². The molecule has 0 saturated carbocycles. The van der Waals surface area contributed by atoms with Crippen molar-refractivity contribution in [2.45, 2.75) is 40.3 Å². The highest BCUT2D eigenvalue weighted by molar-refractivity contribution is 6.30. The first-order valence-electron chi connectivity index (χ1n) is 9.32. The number of fused-ring (bicyclic) bond motifs is 1. The van der Waals surface area contributed by atoms with Crippen molar-refractivity contribution in [3.63, 3.8) is 0 Å². The van der Waals surface area contributed by atoms with Crippen molar-refractivity contribution in [2.24, 2.45) is 0 Å². The van der Waals surface area contributed by atoms with Crippen LogP contribution < -0.4 is 0 Å². The van der Waals surface area contributed by atoms with Gasteiger partial charge in [-0.2, -0.15) is 10.2 Å². The van der Waals surface area contributed by atoms with Crippen molar-refractivity contribution >= 4 is 22.6 Å². The monoisotopic (exact) mass is 415 g/mol. The van der Waals surface area contributed by atoms with Gasteiger partial charge in [0.1, 0.15) is 0 Å². The summed E-state index contributed by atoms with van der Waals surface area (Å²) in [6, 6.07) is 8.84. The first-order chi connectivity index (χ1) is 13.9. The molecule has 3 aromatic heterocycles. The zero-order valence-electron chi connectivity index (χ0n) is 16.3. The normalized spacial score (nSPS) is 11.7. The van der Waals surface area contributed by atoms with Crippen LogP contribution in [0.5, 0.6) is 0 Å². The summed E-state index contributed by atoms with van der Waals surface area (Å²) >= 11 is 6.09. The average molecular weight is 416 g/mol. The van der Waals surface area contributed by atoms with Crippen LogP contribution in [0.3, 0.4) is 0 Å². The lowest BCUT2D eigenvalue weighted by Crippen LogP contribution is -2.04. The van der Waals surface area contributed by atoms with E-state index in [1.54, 1.807) is 23.9 Å². The van der Waals surface area contributed by atoms with E-state index < -0.39 is 6.43 Å². The molecule has 0 spiro atoms. The minimum atomic E-state index is -2.64. The third kappa shape index (κ3) is 3.51. The molecule has 150 valence electrons. The first kappa shape index (κ1) is 19.5. The second-order valence-corrected chi connectivity index (χ2v) is 7.36. The Morgan fingerprint density at radius 3 is 2.59 bits per heavy atom. The Bertz CT molecular complexity index is 1200. The molecule has 29 heavy (non-hydrogen) atoms. The van der Waals surface area contributed by atoms with E-state index in [9.17, 15) is 8.78 Å². The molecule has 0 radical (unpaired) electrons. The number of nitrogens with zero attached hydrogens (tertiary/aromatic N) is 5. The number of benzene rings is 1. The molecule has 3 heterocycles. The van der Waals surface area contributed by atoms with Crippen LogP contribution >= 0.6 is 11.6 Å². The highest BCUT2D eigenvalue weighted by Crippen LogP contribution is 2.34. The van der Waals surface area contributed by atoms with Gasteiger partial charge in [0.2, 0.25) is 0 Å². The van der Waals surface area contributed by atoms with Gasteiger partial charge in [0.05, 0.1) is 29.5 Å². The van der Waals surface area contributed by atoms with Gasteiger partial charge in [-0.15, -0.1) is 0 Å². The lowest BCUT2D eigenvalue weighted by atomic mass is 10.1. The maximum atomic E-state index is 13.9. The van der Waals surface area contributed by atoms with Crippen LogP contribution in [0.25, 0.3) is 22.3 Å². The third-order valence-corrected chi connectivity index (χ3v) is 5.28. The Kier molecular flexibility index (Phi) is 5.08. The molecule has 0 saturated heterocycles. The fourth-order valence-corrected chi connectivity index (χ4v) is 3.84. The zero-order valence-corrected chi connectivity index (χ0v) is 17.1. The Morgan fingerprint density at radius 1 is 1.14 bits per heavy atom. The van der Waals surface area contributed by atoms with E-state index in [0.29, 0.717) is 40.5 Å². The summed E-state index contributed by atoms with van der Waals surface area (Å²) in [5, 5.41) is 9.82. The lowest BCUT2D eigenvalue weighted by Gasteiger charge is -2.09. The van der Waals surface area contributed by atoms with Gasteiger partial charge in [-0.1, -0.05) is 23.7 Å². The van der Waals surface area contributed by atoms with Crippen LogP contribution in [-0.2, 0) is 13.1 Å². The fraction of sp³-hybridized carbons (Fsp3) is 0.286. The van der Waals surface area contributed by atoms with Gasteiger partial charge in [0.15, 0.2) is 5.65 Å². The van der Waals surface area contributed by atoms with Crippen LogP contribution in [0.4, 0.5) is 8.78 Å². The van der Waals surface area contributed by atoms with Crippen molar-refractivity contribution in [1.82, 2.24) is 24.5 Å². The molecule has 0 unspecified atom stereocenters. The van der Waals surface area contributed by atoms with E-state index in [1.807, 2.05) is 36.7 Å². The van der Waals surface area contributed by atoms with Crippen molar-refractivity contribution in [2.75, 3.05) is 0 Å². The second kappa shape index (κ2) is 7.55. The van der Waals surface area contributed by atoms with Gasteiger partial charge < -0.3 is 0 Å². The molecular formula is C21H20ClF2N5. The number of alkyl halides is 2. The predicted molar refractivity (Wildman–Crippen MR) is 109 cm³/mol. The van der Waals surface area contributed by atoms with Gasteiger partial charge >= 0.3 is 0 Å². The van der Waals surface area contributed by atoms with E-state index in [2.05, 4.69) is 10.2 Å².